The van der Waals surface area contributed by atoms with E-state index in [1.54, 1.807) is 12.1 Å². The SMILES string of the molecule is O/C(=C\C(O)c1cccs1)c1ccccc1.[Cu]. The summed E-state index contributed by atoms with van der Waals surface area (Å²) >= 11 is 1.46. The van der Waals surface area contributed by atoms with Crippen molar-refractivity contribution in [3.63, 3.8) is 0 Å². The van der Waals surface area contributed by atoms with Crippen molar-refractivity contribution in [2.45, 2.75) is 6.10 Å². The van der Waals surface area contributed by atoms with Gasteiger partial charge in [-0.2, -0.15) is 0 Å². The first-order valence-corrected chi connectivity index (χ1v) is 5.83. The Labute approximate surface area is 115 Å². The van der Waals surface area contributed by atoms with E-state index in [-0.39, 0.29) is 22.8 Å². The predicted molar refractivity (Wildman–Crippen MR) is 66.3 cm³/mol. The molecular formula is C13H12CuO2S. The second kappa shape index (κ2) is 6.62. The third-order valence-corrected chi connectivity index (χ3v) is 3.16. The summed E-state index contributed by atoms with van der Waals surface area (Å²) in [7, 11) is 0. The fraction of sp³-hybridized carbons (Fsp3) is 0.0769. The molecule has 4 heteroatoms. The van der Waals surface area contributed by atoms with Gasteiger partial charge in [-0.15, -0.1) is 11.3 Å². The average Bonchev–Trinajstić information content (AvgIpc) is 2.83. The van der Waals surface area contributed by atoms with Gasteiger partial charge in [-0.05, 0) is 17.5 Å². The van der Waals surface area contributed by atoms with Crippen LogP contribution < -0.4 is 0 Å². The number of thiophene rings is 1. The Morgan fingerprint density at radius 2 is 1.82 bits per heavy atom. The van der Waals surface area contributed by atoms with Gasteiger partial charge in [-0.3, -0.25) is 0 Å². The maximum absolute atomic E-state index is 9.82. The molecule has 2 aromatic rings. The van der Waals surface area contributed by atoms with Gasteiger partial charge < -0.3 is 10.2 Å². The minimum absolute atomic E-state index is 0. The summed E-state index contributed by atoms with van der Waals surface area (Å²) in [5.74, 6) is 0.0986. The second-order valence-electron chi connectivity index (χ2n) is 3.38. The van der Waals surface area contributed by atoms with E-state index in [9.17, 15) is 10.2 Å². The van der Waals surface area contributed by atoms with Crippen molar-refractivity contribution in [2.24, 2.45) is 0 Å². The summed E-state index contributed by atoms with van der Waals surface area (Å²) in [6, 6.07) is 12.9. The van der Waals surface area contributed by atoms with Crippen LogP contribution in [0.4, 0.5) is 0 Å². The minimum Gasteiger partial charge on any atom is -0.508 e. The van der Waals surface area contributed by atoms with Crippen molar-refractivity contribution in [2.75, 3.05) is 0 Å². The molecule has 0 saturated carbocycles. The van der Waals surface area contributed by atoms with Gasteiger partial charge in [-0.1, -0.05) is 36.4 Å². The molecule has 2 rings (SSSR count). The molecule has 0 bridgehead atoms. The number of rotatable bonds is 3. The second-order valence-corrected chi connectivity index (χ2v) is 4.36. The van der Waals surface area contributed by atoms with Gasteiger partial charge in [0, 0.05) is 27.5 Å². The molecule has 2 nitrogen and oxygen atoms in total. The van der Waals surface area contributed by atoms with Gasteiger partial charge in [0.2, 0.25) is 0 Å². The number of hydrogen-bond donors (Lipinski definition) is 2. The van der Waals surface area contributed by atoms with Gasteiger partial charge in [0.05, 0.1) is 0 Å². The number of aliphatic hydroxyl groups excluding tert-OH is 2. The Morgan fingerprint density at radius 3 is 2.41 bits per heavy atom. The molecule has 0 spiro atoms. The van der Waals surface area contributed by atoms with Crippen molar-refractivity contribution in [3.8, 4) is 0 Å². The van der Waals surface area contributed by atoms with E-state index >= 15 is 0 Å². The zero-order chi connectivity index (χ0) is 11.4. The maximum Gasteiger partial charge on any atom is 0.121 e. The van der Waals surface area contributed by atoms with Crippen molar-refractivity contribution in [1.29, 1.82) is 0 Å². The largest absolute Gasteiger partial charge is 0.508 e. The zero-order valence-corrected chi connectivity index (χ0v) is 10.6. The summed E-state index contributed by atoms with van der Waals surface area (Å²) < 4.78 is 0. The van der Waals surface area contributed by atoms with Crippen molar-refractivity contribution in [3.05, 3.63) is 64.4 Å². The summed E-state index contributed by atoms with van der Waals surface area (Å²) in [6.07, 6.45) is 0.696. The first kappa shape index (κ1) is 14.0. The van der Waals surface area contributed by atoms with Crippen LogP contribution in [0.15, 0.2) is 53.9 Å². The van der Waals surface area contributed by atoms with Crippen LogP contribution in [0, 0.1) is 0 Å². The summed E-state index contributed by atoms with van der Waals surface area (Å²) in [5.41, 5.74) is 0.707. The van der Waals surface area contributed by atoms with E-state index in [4.69, 9.17) is 0 Å². The molecule has 1 aromatic carbocycles. The van der Waals surface area contributed by atoms with Crippen molar-refractivity contribution in [1.82, 2.24) is 0 Å². The summed E-state index contributed by atoms with van der Waals surface area (Å²) in [4.78, 5) is 0.822. The van der Waals surface area contributed by atoms with Gasteiger partial charge >= 0.3 is 0 Å². The molecule has 17 heavy (non-hydrogen) atoms. The Morgan fingerprint density at radius 1 is 1.12 bits per heavy atom. The molecule has 0 aliphatic heterocycles. The van der Waals surface area contributed by atoms with Crippen LogP contribution >= 0.6 is 11.3 Å². The molecule has 0 amide bonds. The van der Waals surface area contributed by atoms with E-state index < -0.39 is 6.10 Å². The van der Waals surface area contributed by atoms with E-state index in [0.29, 0.717) is 5.56 Å². The standard InChI is InChI=1S/C13H12O2S.Cu/c14-11(10-5-2-1-3-6-10)9-12(15)13-7-4-8-16-13;/h1-9,12,14-15H;/b11-9-;. The zero-order valence-electron chi connectivity index (χ0n) is 8.88. The van der Waals surface area contributed by atoms with Crippen molar-refractivity contribution >= 4 is 17.1 Å². The van der Waals surface area contributed by atoms with Crippen LogP contribution in [-0.4, -0.2) is 10.2 Å². The molecule has 1 radical (unpaired) electrons. The fourth-order valence-corrected chi connectivity index (χ4v) is 2.08. The van der Waals surface area contributed by atoms with Gasteiger partial charge in [-0.25, -0.2) is 0 Å². The first-order valence-electron chi connectivity index (χ1n) is 4.95. The Kier molecular flexibility index (Phi) is 5.45. The maximum atomic E-state index is 9.82. The molecule has 1 unspecified atom stereocenters. The normalized spacial score (nSPS) is 12.9. The van der Waals surface area contributed by atoms with Crippen LogP contribution in [-0.2, 0) is 17.1 Å². The quantitative estimate of drug-likeness (QED) is 0.673. The molecule has 93 valence electrons. The molecule has 0 saturated heterocycles. The molecule has 0 fully saturated rings. The summed E-state index contributed by atoms with van der Waals surface area (Å²) in [5, 5.41) is 21.5. The van der Waals surface area contributed by atoms with E-state index in [1.807, 2.05) is 35.7 Å². The molecule has 2 N–H and O–H groups in total. The topological polar surface area (TPSA) is 40.5 Å². The van der Waals surface area contributed by atoms with Gasteiger partial charge in [0.25, 0.3) is 0 Å². The van der Waals surface area contributed by atoms with Gasteiger partial charge in [0.1, 0.15) is 11.9 Å². The fourth-order valence-electron chi connectivity index (χ4n) is 1.40. The van der Waals surface area contributed by atoms with E-state index in [2.05, 4.69) is 0 Å². The smallest absolute Gasteiger partial charge is 0.121 e. The molecule has 0 aliphatic rings. The minimum atomic E-state index is -0.750. The third-order valence-electron chi connectivity index (χ3n) is 2.22. The monoisotopic (exact) mass is 295 g/mol. The first-order chi connectivity index (χ1) is 7.77. The number of hydrogen-bond acceptors (Lipinski definition) is 3. The summed E-state index contributed by atoms with van der Waals surface area (Å²) in [6.45, 7) is 0. The third kappa shape index (κ3) is 3.72. The molecular weight excluding hydrogens is 284 g/mol. The van der Waals surface area contributed by atoms with Crippen molar-refractivity contribution < 1.29 is 27.3 Å². The van der Waals surface area contributed by atoms with Gasteiger partial charge in [0.15, 0.2) is 0 Å². The molecule has 1 aromatic heterocycles. The Bertz CT molecular complexity index is 465. The average molecular weight is 296 g/mol. The van der Waals surface area contributed by atoms with Crippen LogP contribution in [0.25, 0.3) is 5.76 Å². The van der Waals surface area contributed by atoms with E-state index in [1.165, 1.54) is 17.4 Å². The number of benzene rings is 1. The predicted octanol–water partition coefficient (Wildman–Crippen LogP) is 3.38. The molecule has 0 aliphatic carbocycles. The Hall–Kier alpha value is -1.06. The van der Waals surface area contributed by atoms with Crippen LogP contribution in [0.1, 0.15) is 16.5 Å². The van der Waals surface area contributed by atoms with Crippen LogP contribution in [0.2, 0.25) is 0 Å². The Balaban J connectivity index is 0.00000144. The van der Waals surface area contributed by atoms with E-state index in [0.717, 1.165) is 4.88 Å². The number of aliphatic hydroxyl groups is 2. The van der Waals surface area contributed by atoms with Crippen LogP contribution in [0.5, 0.6) is 0 Å². The molecule has 1 heterocycles. The van der Waals surface area contributed by atoms with Crippen LogP contribution in [0.3, 0.4) is 0 Å². The molecule has 1 atom stereocenters.